The van der Waals surface area contributed by atoms with Crippen LogP contribution in [-0.2, 0) is 0 Å². The van der Waals surface area contributed by atoms with Crippen molar-refractivity contribution in [2.75, 3.05) is 12.8 Å². The van der Waals surface area contributed by atoms with Gasteiger partial charge in [0.1, 0.15) is 5.01 Å². The minimum Gasteiger partial charge on any atom is -0.493 e. The molecule has 5 rings (SSSR count). The number of nitrogens with two attached hydrogens (primary N) is 1. The molecule has 3 heterocycles. The summed E-state index contributed by atoms with van der Waals surface area (Å²) in [6.45, 7) is 0. The highest BCUT2D eigenvalue weighted by Crippen LogP contribution is 2.36. The fourth-order valence-corrected chi connectivity index (χ4v) is 4.61. The van der Waals surface area contributed by atoms with Gasteiger partial charge in [0.25, 0.3) is 0 Å². The summed E-state index contributed by atoms with van der Waals surface area (Å²) in [7, 11) is 1.67. The average molecular weight is 423 g/mol. The van der Waals surface area contributed by atoms with E-state index >= 15 is 0 Å². The molecule has 1 aliphatic rings. The molecule has 0 spiro atoms. The molecule has 8 nitrogen and oxygen atoms in total. The van der Waals surface area contributed by atoms with E-state index < -0.39 is 0 Å². The van der Waals surface area contributed by atoms with Crippen LogP contribution in [0.2, 0.25) is 0 Å². The van der Waals surface area contributed by atoms with Crippen LogP contribution in [0.3, 0.4) is 0 Å². The molecule has 4 aromatic rings. The first kappa shape index (κ1) is 18.8. The summed E-state index contributed by atoms with van der Waals surface area (Å²) < 4.78 is 13.6. The summed E-state index contributed by atoms with van der Waals surface area (Å²) in [5.74, 6) is 1.74. The quantitative estimate of drug-likeness (QED) is 0.514. The van der Waals surface area contributed by atoms with Gasteiger partial charge >= 0.3 is 0 Å². The molecule has 0 saturated heterocycles. The van der Waals surface area contributed by atoms with Gasteiger partial charge in [-0.25, -0.2) is 19.5 Å². The van der Waals surface area contributed by atoms with Crippen LogP contribution >= 0.6 is 11.3 Å². The maximum absolute atomic E-state index is 6.22. The molecule has 3 aromatic heterocycles. The third kappa shape index (κ3) is 3.56. The van der Waals surface area contributed by atoms with Crippen molar-refractivity contribution in [1.82, 2.24) is 24.6 Å². The van der Waals surface area contributed by atoms with Crippen LogP contribution in [0.15, 0.2) is 36.8 Å². The zero-order valence-electron chi connectivity index (χ0n) is 16.6. The Balaban J connectivity index is 1.45. The number of benzene rings is 1. The van der Waals surface area contributed by atoms with Gasteiger partial charge in [-0.05, 0) is 43.9 Å². The fraction of sp³-hybridized carbons (Fsp3) is 0.333. The second-order valence-electron chi connectivity index (χ2n) is 7.32. The monoisotopic (exact) mass is 422 g/mol. The van der Waals surface area contributed by atoms with E-state index in [9.17, 15) is 0 Å². The van der Waals surface area contributed by atoms with Crippen LogP contribution in [0.25, 0.3) is 26.8 Å². The van der Waals surface area contributed by atoms with Crippen molar-refractivity contribution in [2.24, 2.45) is 0 Å². The van der Waals surface area contributed by atoms with Crippen LogP contribution in [0, 0.1) is 0 Å². The lowest BCUT2D eigenvalue weighted by Crippen LogP contribution is -2.19. The lowest BCUT2D eigenvalue weighted by molar-refractivity contribution is 0.149. The SMILES string of the molecule is COc1cc(-c2nn3c(-c4cnc(N)nc4)cnc3s2)ccc1OC1CCCCC1. The molecule has 0 radical (unpaired) electrons. The number of nitrogens with zero attached hydrogens (tertiary/aromatic N) is 5. The zero-order chi connectivity index (χ0) is 20.5. The van der Waals surface area contributed by atoms with Gasteiger partial charge in [-0.2, -0.15) is 5.10 Å². The van der Waals surface area contributed by atoms with Crippen molar-refractivity contribution in [3.63, 3.8) is 0 Å². The number of hydrogen-bond donors (Lipinski definition) is 1. The fourth-order valence-electron chi connectivity index (χ4n) is 3.74. The molecule has 1 aromatic carbocycles. The minimum atomic E-state index is 0.237. The van der Waals surface area contributed by atoms with E-state index in [1.54, 1.807) is 30.2 Å². The second kappa shape index (κ2) is 7.91. The number of nitrogen functional groups attached to an aromatic ring is 1. The number of methoxy groups -OCH3 is 1. The molecule has 0 atom stereocenters. The van der Waals surface area contributed by atoms with Gasteiger partial charge in [0.15, 0.2) is 11.5 Å². The lowest BCUT2D eigenvalue weighted by atomic mass is 9.98. The van der Waals surface area contributed by atoms with Crippen molar-refractivity contribution in [2.45, 2.75) is 38.2 Å². The predicted octanol–water partition coefficient (Wildman–Crippen LogP) is 4.22. The van der Waals surface area contributed by atoms with Gasteiger partial charge in [0, 0.05) is 23.5 Å². The Hall–Kier alpha value is -3.20. The van der Waals surface area contributed by atoms with E-state index in [1.165, 1.54) is 30.6 Å². The number of ether oxygens (including phenoxy) is 2. The maximum Gasteiger partial charge on any atom is 0.219 e. The molecular formula is C21H22N6O2S. The molecule has 1 fully saturated rings. The van der Waals surface area contributed by atoms with Gasteiger partial charge in [0.2, 0.25) is 10.9 Å². The Labute approximate surface area is 177 Å². The summed E-state index contributed by atoms with van der Waals surface area (Å²) in [6.07, 6.45) is 11.3. The highest BCUT2D eigenvalue weighted by atomic mass is 32.1. The zero-order valence-corrected chi connectivity index (χ0v) is 17.4. The molecular weight excluding hydrogens is 400 g/mol. The van der Waals surface area contributed by atoms with E-state index in [2.05, 4.69) is 15.0 Å². The van der Waals surface area contributed by atoms with Crippen molar-refractivity contribution in [3.8, 4) is 33.3 Å². The van der Waals surface area contributed by atoms with Gasteiger partial charge in [-0.15, -0.1) is 0 Å². The van der Waals surface area contributed by atoms with Crippen LogP contribution in [0.5, 0.6) is 11.5 Å². The smallest absolute Gasteiger partial charge is 0.219 e. The van der Waals surface area contributed by atoms with Gasteiger partial charge in [-0.1, -0.05) is 17.8 Å². The standard InChI is InChI=1S/C21H22N6O2S/c1-28-18-9-13(7-8-17(18)29-15-5-3-2-4-6-15)19-26-27-16(12-25-21(27)30-19)14-10-23-20(22)24-11-14/h7-12,15H,2-6H2,1H3,(H2,22,23,24). The summed E-state index contributed by atoms with van der Waals surface area (Å²) in [4.78, 5) is 13.4. The number of aromatic nitrogens is 5. The van der Waals surface area contributed by atoms with Gasteiger partial charge in [-0.3, -0.25) is 0 Å². The first-order valence-electron chi connectivity index (χ1n) is 9.99. The normalized spacial score (nSPS) is 14.8. The van der Waals surface area contributed by atoms with Gasteiger partial charge < -0.3 is 15.2 Å². The van der Waals surface area contributed by atoms with E-state index in [0.29, 0.717) is 0 Å². The number of imidazole rings is 1. The Morgan fingerprint density at radius 2 is 1.80 bits per heavy atom. The summed E-state index contributed by atoms with van der Waals surface area (Å²) in [5, 5.41) is 5.60. The van der Waals surface area contributed by atoms with Crippen LogP contribution < -0.4 is 15.2 Å². The van der Waals surface area contributed by atoms with Crippen molar-refractivity contribution in [3.05, 3.63) is 36.8 Å². The molecule has 0 unspecified atom stereocenters. The third-order valence-electron chi connectivity index (χ3n) is 5.31. The van der Waals surface area contributed by atoms with Crippen molar-refractivity contribution >= 4 is 22.2 Å². The molecule has 2 N–H and O–H groups in total. The highest BCUT2D eigenvalue weighted by Gasteiger charge is 2.19. The molecule has 1 saturated carbocycles. The van der Waals surface area contributed by atoms with E-state index in [-0.39, 0.29) is 12.1 Å². The number of rotatable bonds is 5. The van der Waals surface area contributed by atoms with E-state index in [0.717, 1.165) is 51.1 Å². The Bertz CT molecular complexity index is 1160. The number of anilines is 1. The first-order valence-corrected chi connectivity index (χ1v) is 10.8. The van der Waals surface area contributed by atoms with Crippen LogP contribution in [0.4, 0.5) is 5.95 Å². The van der Waals surface area contributed by atoms with Crippen molar-refractivity contribution < 1.29 is 9.47 Å². The second-order valence-corrected chi connectivity index (χ2v) is 8.27. The minimum absolute atomic E-state index is 0.237. The molecule has 30 heavy (non-hydrogen) atoms. The van der Waals surface area contributed by atoms with E-state index in [4.69, 9.17) is 20.3 Å². The van der Waals surface area contributed by atoms with Crippen LogP contribution in [-0.4, -0.2) is 37.8 Å². The Morgan fingerprint density at radius 3 is 2.57 bits per heavy atom. The molecule has 0 amide bonds. The largest absolute Gasteiger partial charge is 0.493 e. The van der Waals surface area contributed by atoms with Crippen LogP contribution in [0.1, 0.15) is 32.1 Å². The predicted molar refractivity (Wildman–Crippen MR) is 116 cm³/mol. The summed E-state index contributed by atoms with van der Waals surface area (Å²) >= 11 is 1.51. The Kier molecular flexibility index (Phi) is 4.96. The summed E-state index contributed by atoms with van der Waals surface area (Å²) in [5.41, 5.74) is 8.17. The summed E-state index contributed by atoms with van der Waals surface area (Å²) in [6, 6.07) is 5.97. The average Bonchev–Trinajstić information content (AvgIpc) is 3.36. The lowest BCUT2D eigenvalue weighted by Gasteiger charge is -2.24. The maximum atomic E-state index is 6.22. The first-order chi connectivity index (χ1) is 14.7. The molecule has 154 valence electrons. The Morgan fingerprint density at radius 1 is 1.00 bits per heavy atom. The number of fused-ring (bicyclic) bond motifs is 1. The van der Waals surface area contributed by atoms with Crippen molar-refractivity contribution in [1.29, 1.82) is 0 Å². The molecule has 9 heteroatoms. The third-order valence-corrected chi connectivity index (χ3v) is 6.28. The van der Waals surface area contributed by atoms with E-state index in [1.807, 2.05) is 18.2 Å². The molecule has 0 aliphatic heterocycles. The van der Waals surface area contributed by atoms with Gasteiger partial charge in [0.05, 0.1) is 25.1 Å². The topological polar surface area (TPSA) is 100 Å². The highest BCUT2D eigenvalue weighted by molar-refractivity contribution is 7.19. The number of hydrogen-bond acceptors (Lipinski definition) is 8. The molecule has 0 bridgehead atoms. The molecule has 1 aliphatic carbocycles.